The number of hydrogen-bond donors (Lipinski definition) is 3. The van der Waals surface area contributed by atoms with Crippen molar-refractivity contribution in [1.82, 2.24) is 0 Å². The summed E-state index contributed by atoms with van der Waals surface area (Å²) in [5.74, 6) is -1.50. The van der Waals surface area contributed by atoms with Gasteiger partial charge in [0.05, 0.1) is 6.61 Å². The maximum atomic E-state index is 11.8. The second-order valence-electron chi connectivity index (χ2n) is 6.37. The molecule has 0 aliphatic carbocycles. The lowest BCUT2D eigenvalue weighted by molar-refractivity contribution is -0.221. The molecule has 0 saturated heterocycles. The van der Waals surface area contributed by atoms with Crippen LogP contribution < -0.4 is 4.74 Å². The lowest BCUT2D eigenvalue weighted by Gasteiger charge is -2.41. The van der Waals surface area contributed by atoms with Crippen LogP contribution in [0.1, 0.15) is 36.1 Å². The van der Waals surface area contributed by atoms with Crippen LogP contribution in [0, 0.1) is 26.7 Å². The Hall–Kier alpha value is -1.79. The zero-order valence-corrected chi connectivity index (χ0v) is 14.1. The van der Waals surface area contributed by atoms with Gasteiger partial charge >= 0.3 is 5.97 Å². The first-order valence-electron chi connectivity index (χ1n) is 7.64. The summed E-state index contributed by atoms with van der Waals surface area (Å²) < 4.78 is 11.3. The molecule has 0 amide bonds. The highest BCUT2D eigenvalue weighted by molar-refractivity contribution is 5.75. The molecule has 6 heteroatoms. The van der Waals surface area contributed by atoms with Crippen LogP contribution in [0.15, 0.2) is 0 Å². The van der Waals surface area contributed by atoms with Gasteiger partial charge in [-0.05, 0) is 43.9 Å². The van der Waals surface area contributed by atoms with E-state index in [1.165, 1.54) is 0 Å². The van der Waals surface area contributed by atoms with E-state index in [-0.39, 0.29) is 11.7 Å². The SMILES string of the molecule is Cc1c(C)c2c(c(C)c1O)CC(C)C(C)(OC(=O)C(O)CO)O2. The summed E-state index contributed by atoms with van der Waals surface area (Å²) in [5, 5.41) is 28.5. The minimum absolute atomic E-state index is 0.190. The second-order valence-corrected chi connectivity index (χ2v) is 6.37. The molecule has 1 aliphatic rings. The number of esters is 1. The van der Waals surface area contributed by atoms with Crippen molar-refractivity contribution >= 4 is 5.97 Å². The fourth-order valence-corrected chi connectivity index (χ4v) is 2.81. The number of benzene rings is 1. The summed E-state index contributed by atoms with van der Waals surface area (Å²) in [5.41, 5.74) is 3.17. The molecule has 6 nitrogen and oxygen atoms in total. The Morgan fingerprint density at radius 1 is 1.35 bits per heavy atom. The van der Waals surface area contributed by atoms with E-state index in [1.54, 1.807) is 13.8 Å². The first-order valence-corrected chi connectivity index (χ1v) is 7.64. The molecule has 1 aliphatic heterocycles. The minimum atomic E-state index is -1.59. The Bertz CT molecular complexity index is 639. The number of carbonyl (C=O) groups is 1. The van der Waals surface area contributed by atoms with Crippen molar-refractivity contribution in [2.24, 2.45) is 5.92 Å². The quantitative estimate of drug-likeness (QED) is 0.729. The molecular weight excluding hydrogens is 300 g/mol. The molecule has 0 aromatic heterocycles. The van der Waals surface area contributed by atoms with E-state index in [2.05, 4.69) is 0 Å². The number of aliphatic hydroxyl groups is 2. The first kappa shape index (κ1) is 17.6. The molecule has 1 aromatic rings. The number of rotatable bonds is 3. The number of carbonyl (C=O) groups excluding carboxylic acids is 1. The Labute approximate surface area is 135 Å². The number of aromatic hydroxyl groups is 1. The zero-order valence-electron chi connectivity index (χ0n) is 14.1. The van der Waals surface area contributed by atoms with Crippen LogP contribution >= 0.6 is 0 Å². The maximum absolute atomic E-state index is 11.8. The molecule has 128 valence electrons. The van der Waals surface area contributed by atoms with Gasteiger partial charge in [0.1, 0.15) is 11.5 Å². The number of phenolic OH excluding ortho intramolecular Hbond substituents is 1. The highest BCUT2D eigenvalue weighted by Crippen LogP contribution is 2.45. The summed E-state index contributed by atoms with van der Waals surface area (Å²) >= 11 is 0. The number of ether oxygens (including phenoxy) is 2. The molecule has 3 N–H and O–H groups in total. The lowest BCUT2D eigenvalue weighted by Crippen LogP contribution is -2.49. The zero-order chi connectivity index (χ0) is 17.5. The molecular formula is C17H24O6. The van der Waals surface area contributed by atoms with Gasteiger partial charge in [0.25, 0.3) is 5.79 Å². The third-order valence-corrected chi connectivity index (χ3v) is 4.80. The monoisotopic (exact) mass is 324 g/mol. The molecule has 3 unspecified atom stereocenters. The highest BCUT2D eigenvalue weighted by Gasteiger charge is 2.44. The fourth-order valence-electron chi connectivity index (χ4n) is 2.81. The van der Waals surface area contributed by atoms with Gasteiger partial charge in [0, 0.05) is 18.4 Å². The molecule has 0 spiro atoms. The third kappa shape index (κ3) is 2.88. The average molecular weight is 324 g/mol. The summed E-state index contributed by atoms with van der Waals surface area (Å²) in [6.07, 6.45) is -1.03. The van der Waals surface area contributed by atoms with Crippen molar-refractivity contribution in [1.29, 1.82) is 0 Å². The normalized spacial score (nSPS) is 24.6. The summed E-state index contributed by atoms with van der Waals surface area (Å²) in [4.78, 5) is 11.8. The molecule has 0 bridgehead atoms. The van der Waals surface area contributed by atoms with Gasteiger partial charge in [-0.1, -0.05) is 6.92 Å². The molecule has 0 fully saturated rings. The van der Waals surface area contributed by atoms with Gasteiger partial charge in [0.2, 0.25) is 0 Å². The van der Waals surface area contributed by atoms with E-state index >= 15 is 0 Å². The number of aliphatic hydroxyl groups excluding tert-OH is 2. The molecule has 1 heterocycles. The smallest absolute Gasteiger partial charge is 0.340 e. The lowest BCUT2D eigenvalue weighted by atomic mass is 9.85. The van der Waals surface area contributed by atoms with Crippen LogP contribution in [0.25, 0.3) is 0 Å². The van der Waals surface area contributed by atoms with Gasteiger partial charge in [0.15, 0.2) is 6.10 Å². The molecule has 0 saturated carbocycles. The molecule has 0 radical (unpaired) electrons. The van der Waals surface area contributed by atoms with Crippen molar-refractivity contribution in [3.05, 3.63) is 22.3 Å². The van der Waals surface area contributed by atoms with E-state index < -0.39 is 24.5 Å². The van der Waals surface area contributed by atoms with Crippen molar-refractivity contribution < 1.29 is 29.6 Å². The van der Waals surface area contributed by atoms with E-state index in [0.29, 0.717) is 12.2 Å². The van der Waals surface area contributed by atoms with Gasteiger partial charge in [-0.25, -0.2) is 4.79 Å². The van der Waals surface area contributed by atoms with Gasteiger partial charge in [-0.3, -0.25) is 0 Å². The minimum Gasteiger partial charge on any atom is -0.507 e. The average Bonchev–Trinajstić information content (AvgIpc) is 2.52. The standard InChI is InChI=1S/C17H24O6/c1-8-6-12-11(4)14(20)9(2)10(3)15(12)22-17(8,5)23-16(21)13(19)7-18/h8,13,18-20H,6-7H2,1-5H3. The largest absolute Gasteiger partial charge is 0.507 e. The Balaban J connectivity index is 2.42. The van der Waals surface area contributed by atoms with Crippen LogP contribution in [0.2, 0.25) is 0 Å². The summed E-state index contributed by atoms with van der Waals surface area (Å²) in [7, 11) is 0. The van der Waals surface area contributed by atoms with Crippen LogP contribution in [0.3, 0.4) is 0 Å². The van der Waals surface area contributed by atoms with Crippen LogP contribution in [-0.4, -0.2) is 39.8 Å². The van der Waals surface area contributed by atoms with E-state index in [9.17, 15) is 15.0 Å². The predicted molar refractivity (Wildman–Crippen MR) is 83.4 cm³/mol. The first-order chi connectivity index (χ1) is 10.6. The highest BCUT2D eigenvalue weighted by atomic mass is 16.7. The topological polar surface area (TPSA) is 96.2 Å². The van der Waals surface area contributed by atoms with Crippen LogP contribution in [0.4, 0.5) is 0 Å². The Morgan fingerprint density at radius 3 is 2.52 bits per heavy atom. The van der Waals surface area contributed by atoms with Crippen LogP contribution in [0.5, 0.6) is 11.5 Å². The van der Waals surface area contributed by atoms with E-state index in [1.807, 2.05) is 20.8 Å². The van der Waals surface area contributed by atoms with Gasteiger partial charge < -0.3 is 24.8 Å². The number of fused-ring (bicyclic) bond motifs is 1. The predicted octanol–water partition coefficient (Wildman–Crippen LogP) is 1.50. The maximum Gasteiger partial charge on any atom is 0.340 e. The molecule has 3 atom stereocenters. The number of hydrogen-bond acceptors (Lipinski definition) is 6. The van der Waals surface area contributed by atoms with Crippen molar-refractivity contribution in [3.8, 4) is 11.5 Å². The molecule has 23 heavy (non-hydrogen) atoms. The number of phenols is 1. The van der Waals surface area contributed by atoms with E-state index in [0.717, 1.165) is 22.3 Å². The summed E-state index contributed by atoms with van der Waals surface area (Å²) in [6.45, 7) is 8.28. The molecule has 2 rings (SSSR count). The third-order valence-electron chi connectivity index (χ3n) is 4.80. The van der Waals surface area contributed by atoms with Crippen molar-refractivity contribution in [3.63, 3.8) is 0 Å². The second kappa shape index (κ2) is 6.02. The van der Waals surface area contributed by atoms with Crippen molar-refractivity contribution in [2.75, 3.05) is 6.61 Å². The van der Waals surface area contributed by atoms with Crippen molar-refractivity contribution in [2.45, 2.75) is 52.9 Å². The summed E-state index contributed by atoms with van der Waals surface area (Å²) in [6, 6.07) is 0. The molecule has 1 aromatic carbocycles. The van der Waals surface area contributed by atoms with Crippen LogP contribution in [-0.2, 0) is 16.0 Å². The van der Waals surface area contributed by atoms with Gasteiger partial charge in [-0.2, -0.15) is 0 Å². The Kier molecular flexibility index (Phi) is 4.59. The van der Waals surface area contributed by atoms with E-state index in [4.69, 9.17) is 14.6 Å². The fraction of sp³-hybridized carbons (Fsp3) is 0.588. The van der Waals surface area contributed by atoms with Gasteiger partial charge in [-0.15, -0.1) is 0 Å². The Morgan fingerprint density at radius 2 is 1.96 bits per heavy atom.